The molecular weight excluding hydrogens is 495 g/mol. The highest BCUT2D eigenvalue weighted by atomic mass is 35.5. The molecule has 4 nitrogen and oxygen atoms in total. The predicted octanol–water partition coefficient (Wildman–Crippen LogP) is 7.59. The van der Waals surface area contributed by atoms with Crippen LogP contribution in [0.1, 0.15) is 45.9 Å². The molecule has 1 aliphatic heterocycles. The molecular formula is C28H26Cl2N4S. The molecule has 4 aromatic rings. The smallest absolute Gasteiger partial charge is 0.174 e. The van der Waals surface area contributed by atoms with Gasteiger partial charge >= 0.3 is 0 Å². The summed E-state index contributed by atoms with van der Waals surface area (Å²) in [4.78, 5) is 6.90. The normalized spacial score (nSPS) is 17.7. The van der Waals surface area contributed by atoms with E-state index in [4.69, 9.17) is 35.4 Å². The number of pyridine rings is 1. The van der Waals surface area contributed by atoms with Crippen molar-refractivity contribution in [1.29, 1.82) is 0 Å². The van der Waals surface area contributed by atoms with E-state index in [9.17, 15) is 0 Å². The highest BCUT2D eigenvalue weighted by Crippen LogP contribution is 2.44. The van der Waals surface area contributed by atoms with Crippen molar-refractivity contribution in [2.75, 3.05) is 4.90 Å². The Morgan fingerprint density at radius 1 is 0.914 bits per heavy atom. The fraction of sp³-hybridized carbons (Fsp3) is 0.214. The Balaban J connectivity index is 1.70. The van der Waals surface area contributed by atoms with E-state index in [1.54, 1.807) is 6.07 Å². The summed E-state index contributed by atoms with van der Waals surface area (Å²) >= 11 is 18.7. The van der Waals surface area contributed by atoms with Crippen molar-refractivity contribution in [3.05, 3.63) is 111 Å². The minimum Gasteiger partial charge on any atom is -0.351 e. The van der Waals surface area contributed by atoms with Gasteiger partial charge in [-0.25, -0.2) is 0 Å². The highest BCUT2D eigenvalue weighted by Gasteiger charge is 2.42. The number of aromatic nitrogens is 2. The van der Waals surface area contributed by atoms with Crippen molar-refractivity contribution in [1.82, 2.24) is 14.9 Å². The van der Waals surface area contributed by atoms with Crippen molar-refractivity contribution in [2.24, 2.45) is 0 Å². The Bertz CT molecular complexity index is 1430. The first-order valence-corrected chi connectivity index (χ1v) is 12.6. The van der Waals surface area contributed by atoms with Gasteiger partial charge in [-0.1, -0.05) is 35.3 Å². The summed E-state index contributed by atoms with van der Waals surface area (Å²) in [5.74, 6) is 0. The van der Waals surface area contributed by atoms with Gasteiger partial charge in [0.2, 0.25) is 0 Å². The van der Waals surface area contributed by atoms with E-state index in [0.29, 0.717) is 15.2 Å². The Labute approximate surface area is 221 Å². The molecule has 0 saturated carbocycles. The van der Waals surface area contributed by atoms with Crippen LogP contribution in [0.4, 0.5) is 5.69 Å². The first-order valence-electron chi connectivity index (χ1n) is 11.5. The molecule has 1 aliphatic rings. The van der Waals surface area contributed by atoms with Gasteiger partial charge < -0.3 is 14.8 Å². The summed E-state index contributed by atoms with van der Waals surface area (Å²) < 4.78 is 2.18. The maximum atomic E-state index is 6.62. The standard InChI is InChI=1S/C28H26Cl2N4S/c1-16-8-10-21(13-17(16)2)34-27(26(32-28(34)35)24-7-5-6-12-31-24)22-14-18(3)33(19(22)4)25-11-9-20(29)15-23(25)30/h5-15,26-27H,1-4H3,(H,32,35). The van der Waals surface area contributed by atoms with Crippen LogP contribution in [0, 0.1) is 27.7 Å². The summed E-state index contributed by atoms with van der Waals surface area (Å²) in [6, 6.07) is 20.1. The Hall–Kier alpha value is -2.86. The lowest BCUT2D eigenvalue weighted by atomic mass is 9.96. The van der Waals surface area contributed by atoms with Gasteiger partial charge in [-0.2, -0.15) is 0 Å². The van der Waals surface area contributed by atoms with E-state index in [2.05, 4.69) is 71.7 Å². The van der Waals surface area contributed by atoms with Gasteiger partial charge in [-0.05, 0) is 105 Å². The molecule has 2 aromatic heterocycles. The van der Waals surface area contributed by atoms with Gasteiger partial charge in [0.1, 0.15) is 0 Å². The monoisotopic (exact) mass is 520 g/mol. The number of rotatable bonds is 4. The number of anilines is 1. The maximum absolute atomic E-state index is 6.62. The zero-order chi connectivity index (χ0) is 24.9. The minimum absolute atomic E-state index is 0.0921. The molecule has 3 heterocycles. The molecule has 178 valence electrons. The van der Waals surface area contributed by atoms with E-state index in [1.807, 2.05) is 36.5 Å². The Morgan fingerprint density at radius 3 is 2.40 bits per heavy atom. The number of hydrogen-bond donors (Lipinski definition) is 1. The average molecular weight is 522 g/mol. The van der Waals surface area contributed by atoms with Crippen molar-refractivity contribution in [3.63, 3.8) is 0 Å². The van der Waals surface area contributed by atoms with Crippen molar-refractivity contribution < 1.29 is 0 Å². The lowest BCUT2D eigenvalue weighted by Gasteiger charge is -2.28. The van der Waals surface area contributed by atoms with Crippen LogP contribution in [0.3, 0.4) is 0 Å². The fourth-order valence-corrected chi connectivity index (χ4v) is 5.78. The molecule has 0 aliphatic carbocycles. The summed E-state index contributed by atoms with van der Waals surface area (Å²) in [5.41, 5.74) is 8.72. The second-order valence-corrected chi connectivity index (χ2v) is 10.3. The lowest BCUT2D eigenvalue weighted by Crippen LogP contribution is -2.29. The lowest BCUT2D eigenvalue weighted by molar-refractivity contribution is 0.565. The summed E-state index contributed by atoms with van der Waals surface area (Å²) in [5, 5.41) is 5.46. The number of benzene rings is 2. The topological polar surface area (TPSA) is 33.1 Å². The summed E-state index contributed by atoms with van der Waals surface area (Å²) in [7, 11) is 0. The van der Waals surface area contributed by atoms with Crippen LogP contribution in [-0.2, 0) is 0 Å². The Morgan fingerprint density at radius 2 is 1.71 bits per heavy atom. The number of thiocarbonyl (C=S) groups is 1. The molecule has 35 heavy (non-hydrogen) atoms. The van der Waals surface area contributed by atoms with E-state index in [0.717, 1.165) is 34.0 Å². The SMILES string of the molecule is Cc1ccc(N2C(=S)NC(c3ccccn3)C2c2cc(C)n(-c3ccc(Cl)cc3Cl)c2C)cc1C. The van der Waals surface area contributed by atoms with E-state index >= 15 is 0 Å². The third kappa shape index (κ3) is 4.22. The fourth-order valence-electron chi connectivity index (χ4n) is 4.94. The first-order chi connectivity index (χ1) is 16.8. The van der Waals surface area contributed by atoms with Crippen LogP contribution in [0.15, 0.2) is 66.9 Å². The van der Waals surface area contributed by atoms with Gasteiger partial charge in [-0.3, -0.25) is 4.98 Å². The molecule has 7 heteroatoms. The molecule has 0 bridgehead atoms. The van der Waals surface area contributed by atoms with Crippen LogP contribution in [0.5, 0.6) is 0 Å². The quantitative estimate of drug-likeness (QED) is 0.281. The summed E-state index contributed by atoms with van der Waals surface area (Å²) in [6.45, 7) is 8.48. The predicted molar refractivity (Wildman–Crippen MR) is 149 cm³/mol. The third-order valence-electron chi connectivity index (χ3n) is 6.81. The van der Waals surface area contributed by atoms with E-state index in [1.165, 1.54) is 11.1 Å². The number of nitrogens with one attached hydrogen (secondary N) is 1. The zero-order valence-corrected chi connectivity index (χ0v) is 22.3. The van der Waals surface area contributed by atoms with Gasteiger partial charge in [0.25, 0.3) is 0 Å². The van der Waals surface area contributed by atoms with Crippen LogP contribution in [-0.4, -0.2) is 14.7 Å². The zero-order valence-electron chi connectivity index (χ0n) is 20.0. The van der Waals surface area contributed by atoms with E-state index < -0.39 is 0 Å². The molecule has 2 aromatic carbocycles. The van der Waals surface area contributed by atoms with Gasteiger partial charge in [0.15, 0.2) is 5.11 Å². The van der Waals surface area contributed by atoms with Crippen LogP contribution in [0.25, 0.3) is 5.69 Å². The highest BCUT2D eigenvalue weighted by molar-refractivity contribution is 7.80. The molecule has 2 atom stereocenters. The molecule has 0 amide bonds. The number of hydrogen-bond acceptors (Lipinski definition) is 2. The number of nitrogens with zero attached hydrogens (tertiary/aromatic N) is 3. The van der Waals surface area contributed by atoms with Crippen molar-refractivity contribution in [2.45, 2.75) is 39.8 Å². The summed E-state index contributed by atoms with van der Waals surface area (Å²) in [6.07, 6.45) is 1.83. The molecule has 2 unspecified atom stereocenters. The Kier molecular flexibility index (Phi) is 6.34. The third-order valence-corrected chi connectivity index (χ3v) is 7.66. The average Bonchev–Trinajstić information content (AvgIpc) is 3.32. The molecule has 0 radical (unpaired) electrons. The minimum atomic E-state index is -0.111. The van der Waals surface area contributed by atoms with Gasteiger partial charge in [0, 0.05) is 28.3 Å². The van der Waals surface area contributed by atoms with Crippen LogP contribution < -0.4 is 10.2 Å². The van der Waals surface area contributed by atoms with E-state index in [-0.39, 0.29) is 12.1 Å². The van der Waals surface area contributed by atoms with Crippen LogP contribution in [0.2, 0.25) is 10.0 Å². The van der Waals surface area contributed by atoms with Gasteiger partial charge in [-0.15, -0.1) is 0 Å². The molecule has 1 N–H and O–H groups in total. The molecule has 0 spiro atoms. The molecule has 1 fully saturated rings. The largest absolute Gasteiger partial charge is 0.351 e. The maximum Gasteiger partial charge on any atom is 0.174 e. The van der Waals surface area contributed by atoms with Gasteiger partial charge in [0.05, 0.1) is 28.5 Å². The second-order valence-electron chi connectivity index (χ2n) is 9.02. The number of aryl methyl sites for hydroxylation is 3. The molecule has 1 saturated heterocycles. The first kappa shape index (κ1) is 23.9. The number of halogens is 2. The molecule has 5 rings (SSSR count). The van der Waals surface area contributed by atoms with Crippen molar-refractivity contribution in [3.8, 4) is 5.69 Å². The van der Waals surface area contributed by atoms with Crippen LogP contribution >= 0.6 is 35.4 Å². The second kappa shape index (κ2) is 9.30. The van der Waals surface area contributed by atoms with Crippen molar-refractivity contribution >= 4 is 46.2 Å².